The van der Waals surface area contributed by atoms with Crippen LogP contribution in [0, 0.1) is 6.92 Å². The summed E-state index contributed by atoms with van der Waals surface area (Å²) in [7, 11) is -3.56. The van der Waals surface area contributed by atoms with Crippen LogP contribution in [-0.4, -0.2) is 27.1 Å². The van der Waals surface area contributed by atoms with Gasteiger partial charge in [0.05, 0.1) is 11.9 Å². The quantitative estimate of drug-likeness (QED) is 0.795. The SMILES string of the molecule is Cc1ccccc1CNC(=O)CN(c1ccc(Br)cc1)S(C)(=O)=O. The van der Waals surface area contributed by atoms with Crippen LogP contribution in [0.25, 0.3) is 0 Å². The van der Waals surface area contributed by atoms with Gasteiger partial charge in [-0.1, -0.05) is 40.2 Å². The van der Waals surface area contributed by atoms with Crippen molar-refractivity contribution in [2.45, 2.75) is 13.5 Å². The Bertz CT molecular complexity index is 820. The molecule has 0 unspecified atom stereocenters. The van der Waals surface area contributed by atoms with Crippen LogP contribution < -0.4 is 9.62 Å². The Morgan fingerprint density at radius 1 is 1.12 bits per heavy atom. The Kier molecular flexibility index (Phi) is 6.01. The van der Waals surface area contributed by atoms with E-state index in [2.05, 4.69) is 21.2 Å². The van der Waals surface area contributed by atoms with Crippen molar-refractivity contribution in [2.75, 3.05) is 17.1 Å². The van der Waals surface area contributed by atoms with E-state index in [1.54, 1.807) is 24.3 Å². The molecule has 2 aromatic rings. The lowest BCUT2D eigenvalue weighted by molar-refractivity contribution is -0.119. The molecule has 0 saturated carbocycles. The number of hydrogen-bond acceptors (Lipinski definition) is 3. The first-order valence-corrected chi connectivity index (χ1v) is 9.96. The van der Waals surface area contributed by atoms with Crippen LogP contribution >= 0.6 is 15.9 Å². The van der Waals surface area contributed by atoms with Crippen LogP contribution in [-0.2, 0) is 21.4 Å². The molecule has 5 nitrogen and oxygen atoms in total. The molecule has 128 valence electrons. The summed E-state index contributed by atoms with van der Waals surface area (Å²) < 4.78 is 26.0. The Morgan fingerprint density at radius 2 is 1.75 bits per heavy atom. The predicted molar refractivity (Wildman–Crippen MR) is 99.4 cm³/mol. The second kappa shape index (κ2) is 7.81. The highest BCUT2D eigenvalue weighted by molar-refractivity contribution is 9.10. The van der Waals surface area contributed by atoms with E-state index in [1.165, 1.54) is 0 Å². The maximum absolute atomic E-state index is 12.2. The standard InChI is InChI=1S/C17H19BrN2O3S/c1-13-5-3-4-6-14(13)11-19-17(21)12-20(24(2,22)23)16-9-7-15(18)8-10-16/h3-10H,11-12H2,1-2H3,(H,19,21). The lowest BCUT2D eigenvalue weighted by Gasteiger charge is -2.22. The van der Waals surface area contributed by atoms with Crippen LogP contribution in [0.3, 0.4) is 0 Å². The molecule has 0 radical (unpaired) electrons. The number of sulfonamides is 1. The largest absolute Gasteiger partial charge is 0.350 e. The summed E-state index contributed by atoms with van der Waals surface area (Å²) in [6, 6.07) is 14.5. The van der Waals surface area contributed by atoms with Crippen LogP contribution in [0.4, 0.5) is 5.69 Å². The molecule has 2 rings (SSSR count). The van der Waals surface area contributed by atoms with Crippen molar-refractivity contribution in [2.24, 2.45) is 0 Å². The molecule has 2 aromatic carbocycles. The van der Waals surface area contributed by atoms with Crippen molar-refractivity contribution in [1.82, 2.24) is 5.32 Å². The number of hydrogen-bond donors (Lipinski definition) is 1. The molecule has 0 saturated heterocycles. The van der Waals surface area contributed by atoms with Gasteiger partial charge in [0.2, 0.25) is 15.9 Å². The molecule has 0 aliphatic heterocycles. The van der Waals surface area contributed by atoms with Gasteiger partial charge in [0.25, 0.3) is 0 Å². The zero-order valence-electron chi connectivity index (χ0n) is 13.5. The Balaban J connectivity index is 2.08. The number of amides is 1. The number of carbonyl (C=O) groups excluding carboxylic acids is 1. The molecule has 1 amide bonds. The summed E-state index contributed by atoms with van der Waals surface area (Å²) in [5, 5.41) is 2.77. The molecule has 7 heteroatoms. The molecule has 24 heavy (non-hydrogen) atoms. The molecule has 0 aliphatic rings. The van der Waals surface area contributed by atoms with Gasteiger partial charge in [-0.05, 0) is 42.3 Å². The van der Waals surface area contributed by atoms with E-state index in [1.807, 2.05) is 31.2 Å². The molecule has 1 N–H and O–H groups in total. The molecule has 0 bridgehead atoms. The Labute approximate surface area is 150 Å². The third-order valence-electron chi connectivity index (χ3n) is 3.54. The number of carbonyl (C=O) groups is 1. The average molecular weight is 411 g/mol. The molecule has 0 aromatic heterocycles. The van der Waals surface area contributed by atoms with Crippen molar-refractivity contribution >= 4 is 37.5 Å². The average Bonchev–Trinajstić information content (AvgIpc) is 2.52. The topological polar surface area (TPSA) is 66.5 Å². The first-order chi connectivity index (χ1) is 11.3. The highest BCUT2D eigenvalue weighted by atomic mass is 79.9. The van der Waals surface area contributed by atoms with Crippen LogP contribution in [0.5, 0.6) is 0 Å². The molecular formula is C17H19BrN2O3S. The zero-order chi connectivity index (χ0) is 17.7. The van der Waals surface area contributed by atoms with Crippen molar-refractivity contribution in [3.63, 3.8) is 0 Å². The van der Waals surface area contributed by atoms with Gasteiger partial charge in [0.1, 0.15) is 6.54 Å². The van der Waals surface area contributed by atoms with E-state index in [0.717, 1.165) is 26.2 Å². The van der Waals surface area contributed by atoms with Gasteiger partial charge in [0, 0.05) is 11.0 Å². The van der Waals surface area contributed by atoms with Crippen LogP contribution in [0.1, 0.15) is 11.1 Å². The van der Waals surface area contributed by atoms with E-state index < -0.39 is 10.0 Å². The zero-order valence-corrected chi connectivity index (χ0v) is 15.9. The van der Waals surface area contributed by atoms with Gasteiger partial charge in [0.15, 0.2) is 0 Å². The molecular weight excluding hydrogens is 392 g/mol. The normalized spacial score (nSPS) is 11.1. The number of rotatable bonds is 6. The first-order valence-electron chi connectivity index (χ1n) is 7.32. The van der Waals surface area contributed by atoms with Gasteiger partial charge in [-0.3, -0.25) is 9.10 Å². The summed E-state index contributed by atoms with van der Waals surface area (Å²) in [5.74, 6) is -0.355. The number of anilines is 1. The number of halogens is 1. The van der Waals surface area contributed by atoms with Crippen molar-refractivity contribution in [3.8, 4) is 0 Å². The molecule has 0 aliphatic carbocycles. The second-order valence-electron chi connectivity index (χ2n) is 5.45. The number of nitrogens with one attached hydrogen (secondary N) is 1. The van der Waals surface area contributed by atoms with Crippen LogP contribution in [0.2, 0.25) is 0 Å². The van der Waals surface area contributed by atoms with Crippen molar-refractivity contribution in [1.29, 1.82) is 0 Å². The first kappa shape index (κ1) is 18.5. The molecule has 0 spiro atoms. The maximum Gasteiger partial charge on any atom is 0.241 e. The summed E-state index contributed by atoms with van der Waals surface area (Å²) in [6.07, 6.45) is 1.09. The highest BCUT2D eigenvalue weighted by Gasteiger charge is 2.20. The summed E-state index contributed by atoms with van der Waals surface area (Å²) in [4.78, 5) is 12.2. The van der Waals surface area contributed by atoms with Gasteiger partial charge >= 0.3 is 0 Å². The monoisotopic (exact) mass is 410 g/mol. The van der Waals surface area contributed by atoms with Gasteiger partial charge in [-0.25, -0.2) is 8.42 Å². The fourth-order valence-corrected chi connectivity index (χ4v) is 3.32. The van der Waals surface area contributed by atoms with Crippen molar-refractivity contribution in [3.05, 3.63) is 64.1 Å². The third kappa shape index (κ3) is 5.07. The van der Waals surface area contributed by atoms with Gasteiger partial charge in [-0.15, -0.1) is 0 Å². The Morgan fingerprint density at radius 3 is 2.33 bits per heavy atom. The minimum atomic E-state index is -3.56. The molecule has 0 atom stereocenters. The summed E-state index contributed by atoms with van der Waals surface area (Å²) >= 11 is 3.31. The van der Waals surface area contributed by atoms with E-state index in [9.17, 15) is 13.2 Å². The van der Waals surface area contributed by atoms with E-state index in [-0.39, 0.29) is 12.5 Å². The summed E-state index contributed by atoms with van der Waals surface area (Å²) in [5.41, 5.74) is 2.53. The summed E-state index contributed by atoms with van der Waals surface area (Å²) in [6.45, 7) is 2.07. The van der Waals surface area contributed by atoms with Crippen molar-refractivity contribution < 1.29 is 13.2 Å². The fourth-order valence-electron chi connectivity index (χ4n) is 2.20. The van der Waals surface area contributed by atoms with Gasteiger partial charge in [-0.2, -0.15) is 0 Å². The highest BCUT2D eigenvalue weighted by Crippen LogP contribution is 2.20. The van der Waals surface area contributed by atoms with E-state index in [0.29, 0.717) is 12.2 Å². The van der Waals surface area contributed by atoms with E-state index in [4.69, 9.17) is 0 Å². The minimum Gasteiger partial charge on any atom is -0.350 e. The van der Waals surface area contributed by atoms with E-state index >= 15 is 0 Å². The smallest absolute Gasteiger partial charge is 0.241 e. The molecule has 0 fully saturated rings. The third-order valence-corrected chi connectivity index (χ3v) is 5.21. The Hall–Kier alpha value is -1.86. The number of nitrogens with zero attached hydrogens (tertiary/aromatic N) is 1. The minimum absolute atomic E-state index is 0.258. The van der Waals surface area contributed by atoms with Crippen LogP contribution in [0.15, 0.2) is 53.0 Å². The predicted octanol–water partition coefficient (Wildman–Crippen LogP) is 2.84. The lowest BCUT2D eigenvalue weighted by atomic mass is 10.1. The second-order valence-corrected chi connectivity index (χ2v) is 8.27. The number of aryl methyl sites for hydroxylation is 1. The van der Waals surface area contributed by atoms with Gasteiger partial charge < -0.3 is 5.32 Å². The molecule has 0 heterocycles. The fraction of sp³-hybridized carbons (Fsp3) is 0.235. The maximum atomic E-state index is 12.2. The lowest BCUT2D eigenvalue weighted by Crippen LogP contribution is -2.40. The number of benzene rings is 2.